The van der Waals surface area contributed by atoms with Crippen LogP contribution in [-0.4, -0.2) is 30.0 Å². The average molecular weight is 399 g/mol. The minimum atomic E-state index is -0.116. The molecule has 0 aromatic heterocycles. The predicted molar refractivity (Wildman–Crippen MR) is 121 cm³/mol. The van der Waals surface area contributed by atoms with Crippen molar-refractivity contribution in [3.05, 3.63) is 65.2 Å². The van der Waals surface area contributed by atoms with Gasteiger partial charge in [0.1, 0.15) is 12.4 Å². The fourth-order valence-electron chi connectivity index (χ4n) is 3.22. The first kappa shape index (κ1) is 23.4. The highest BCUT2D eigenvalue weighted by Crippen LogP contribution is 2.32. The summed E-state index contributed by atoms with van der Waals surface area (Å²) in [6.45, 7) is 13.2. The molecule has 160 valence electrons. The van der Waals surface area contributed by atoms with Gasteiger partial charge in [0.05, 0.1) is 18.3 Å². The number of aliphatic hydroxyl groups excluding tert-OH is 1. The van der Waals surface area contributed by atoms with Gasteiger partial charge < -0.3 is 14.6 Å². The summed E-state index contributed by atoms with van der Waals surface area (Å²) in [5.41, 5.74) is 3.90. The van der Waals surface area contributed by atoms with Crippen molar-refractivity contribution in [1.82, 2.24) is 0 Å². The molecule has 1 N–H and O–H groups in total. The molecule has 0 spiro atoms. The van der Waals surface area contributed by atoms with Gasteiger partial charge in [0.25, 0.3) is 0 Å². The molecule has 3 heteroatoms. The zero-order chi connectivity index (χ0) is 21.4. The Hall–Kier alpha value is -1.84. The second-order valence-corrected chi connectivity index (χ2v) is 8.61. The first-order chi connectivity index (χ1) is 13.8. The minimum absolute atomic E-state index is 0.0162. The lowest BCUT2D eigenvalue weighted by Crippen LogP contribution is -2.40. The van der Waals surface area contributed by atoms with E-state index in [4.69, 9.17) is 14.6 Å². The molecular weight excluding hydrogens is 360 g/mol. The van der Waals surface area contributed by atoms with Crippen LogP contribution in [0.5, 0.6) is 5.75 Å². The summed E-state index contributed by atoms with van der Waals surface area (Å²) in [7, 11) is 0. The maximum Gasteiger partial charge on any atom is 0.119 e. The Labute approximate surface area is 177 Å². The molecular formula is C26H38O3. The average Bonchev–Trinajstić information content (AvgIpc) is 2.68. The Morgan fingerprint density at radius 1 is 1.00 bits per heavy atom. The molecule has 3 rings (SSSR count). The van der Waals surface area contributed by atoms with Gasteiger partial charge in [-0.3, -0.25) is 0 Å². The van der Waals surface area contributed by atoms with E-state index < -0.39 is 0 Å². The highest BCUT2D eigenvalue weighted by molar-refractivity contribution is 5.40. The van der Waals surface area contributed by atoms with Crippen molar-refractivity contribution in [3.8, 4) is 5.75 Å². The van der Waals surface area contributed by atoms with Gasteiger partial charge in [-0.15, -0.1) is 0 Å². The first-order valence-corrected chi connectivity index (χ1v) is 10.9. The molecule has 1 fully saturated rings. The molecule has 1 saturated heterocycles. The molecule has 29 heavy (non-hydrogen) atoms. The van der Waals surface area contributed by atoms with Gasteiger partial charge in [-0.1, -0.05) is 69.7 Å². The summed E-state index contributed by atoms with van der Waals surface area (Å²) in [5.74, 6) is 0.919. The highest BCUT2D eigenvalue weighted by Gasteiger charge is 2.29. The van der Waals surface area contributed by atoms with Gasteiger partial charge in [0.2, 0.25) is 0 Å². The van der Waals surface area contributed by atoms with Crippen LogP contribution in [0, 0.1) is 6.92 Å². The molecule has 0 bridgehead atoms. The van der Waals surface area contributed by atoms with Gasteiger partial charge in [-0.25, -0.2) is 0 Å². The number of hydrogen-bond acceptors (Lipinski definition) is 3. The monoisotopic (exact) mass is 398 g/mol. The molecule has 3 nitrogen and oxygen atoms in total. The van der Waals surface area contributed by atoms with Crippen LogP contribution in [0.15, 0.2) is 48.5 Å². The van der Waals surface area contributed by atoms with E-state index in [2.05, 4.69) is 76.2 Å². The van der Waals surface area contributed by atoms with E-state index in [-0.39, 0.29) is 17.6 Å². The molecule has 1 heterocycles. The number of ether oxygens (including phenoxy) is 2. The van der Waals surface area contributed by atoms with Crippen LogP contribution in [0.2, 0.25) is 0 Å². The van der Waals surface area contributed by atoms with Gasteiger partial charge >= 0.3 is 0 Å². The molecule has 3 unspecified atom stereocenters. The van der Waals surface area contributed by atoms with Gasteiger partial charge in [0, 0.05) is 11.8 Å². The van der Waals surface area contributed by atoms with E-state index in [1.807, 2.05) is 6.92 Å². The third kappa shape index (κ3) is 6.87. The molecule has 2 aromatic carbocycles. The van der Waals surface area contributed by atoms with Crippen LogP contribution in [0.25, 0.3) is 0 Å². The van der Waals surface area contributed by atoms with Crippen LogP contribution in [0.3, 0.4) is 0 Å². The fourth-order valence-corrected chi connectivity index (χ4v) is 3.22. The van der Waals surface area contributed by atoms with Crippen LogP contribution in [0.1, 0.15) is 70.6 Å². The highest BCUT2D eigenvalue weighted by atomic mass is 16.6. The van der Waals surface area contributed by atoms with E-state index >= 15 is 0 Å². The summed E-state index contributed by atoms with van der Waals surface area (Å²) in [6.07, 6.45) is 3.67. The Bertz CT molecular complexity index is 711. The van der Waals surface area contributed by atoms with Crippen molar-refractivity contribution in [2.45, 2.75) is 84.5 Å². The Kier molecular flexibility index (Phi) is 8.73. The van der Waals surface area contributed by atoms with Crippen molar-refractivity contribution in [2.75, 3.05) is 6.61 Å². The van der Waals surface area contributed by atoms with Crippen molar-refractivity contribution < 1.29 is 14.6 Å². The smallest absolute Gasteiger partial charge is 0.119 e. The van der Waals surface area contributed by atoms with Crippen molar-refractivity contribution >= 4 is 0 Å². The largest absolute Gasteiger partial charge is 0.491 e. The second-order valence-electron chi connectivity index (χ2n) is 8.61. The zero-order valence-electron chi connectivity index (χ0n) is 18.9. The summed E-state index contributed by atoms with van der Waals surface area (Å²) < 4.78 is 11.6. The third-order valence-corrected chi connectivity index (χ3v) is 5.74. The topological polar surface area (TPSA) is 38.7 Å². The van der Waals surface area contributed by atoms with Crippen LogP contribution in [-0.2, 0) is 10.2 Å². The van der Waals surface area contributed by atoms with Crippen LogP contribution in [0.4, 0.5) is 0 Å². The van der Waals surface area contributed by atoms with Crippen LogP contribution < -0.4 is 4.74 Å². The summed E-state index contributed by atoms with van der Waals surface area (Å²) >= 11 is 0. The van der Waals surface area contributed by atoms with E-state index in [9.17, 15) is 0 Å². The maximum absolute atomic E-state index is 8.36. The number of rotatable bonds is 7. The number of aryl methyl sites for hydroxylation is 1. The lowest BCUT2D eigenvalue weighted by Gasteiger charge is -2.35. The molecule has 0 saturated carbocycles. The molecule has 3 atom stereocenters. The van der Waals surface area contributed by atoms with Gasteiger partial charge in [-0.2, -0.15) is 0 Å². The van der Waals surface area contributed by atoms with E-state index in [1.54, 1.807) is 6.92 Å². The maximum atomic E-state index is 8.36. The quantitative estimate of drug-likeness (QED) is 0.617. The van der Waals surface area contributed by atoms with Crippen LogP contribution >= 0.6 is 0 Å². The molecule has 1 aliphatic rings. The van der Waals surface area contributed by atoms with Gasteiger partial charge in [-0.05, 0) is 49.9 Å². The summed E-state index contributed by atoms with van der Waals surface area (Å²) in [4.78, 5) is 0. The van der Waals surface area contributed by atoms with E-state index in [0.29, 0.717) is 12.7 Å². The molecule has 0 radical (unpaired) electrons. The summed E-state index contributed by atoms with van der Waals surface area (Å²) in [5, 5.41) is 8.36. The normalized spacial score (nSPS) is 19.6. The van der Waals surface area contributed by atoms with Gasteiger partial charge in [0.15, 0.2) is 0 Å². The van der Waals surface area contributed by atoms with Crippen molar-refractivity contribution in [2.24, 2.45) is 0 Å². The molecule has 2 aromatic rings. The zero-order valence-corrected chi connectivity index (χ0v) is 18.9. The molecule has 0 amide bonds. The Balaban J connectivity index is 0.000000537. The van der Waals surface area contributed by atoms with Crippen molar-refractivity contribution in [1.29, 1.82) is 0 Å². The number of benzene rings is 2. The van der Waals surface area contributed by atoms with E-state index in [0.717, 1.165) is 25.0 Å². The standard InChI is InChI=1S/C22H28O2.C4H10O/c1-5-19-14-21(24-19)15-23-20-12-10-18(11-13-20)22(3,4)17-8-6-16(2)7-9-17;1-3-4(2)5/h6-13,19,21H,5,14-15H2,1-4H3;4-5H,3H2,1-2H3. The van der Waals surface area contributed by atoms with Crippen molar-refractivity contribution in [3.63, 3.8) is 0 Å². The predicted octanol–water partition coefficient (Wildman–Crippen LogP) is 6.04. The SMILES string of the molecule is CCC(C)O.CCC1CC(COc2ccc(C(C)(C)c3ccc(C)cc3)cc2)O1. The minimum Gasteiger partial charge on any atom is -0.491 e. The number of aliphatic hydroxyl groups is 1. The second kappa shape index (κ2) is 10.8. The fraction of sp³-hybridized carbons (Fsp3) is 0.538. The third-order valence-electron chi connectivity index (χ3n) is 5.74. The lowest BCUT2D eigenvalue weighted by molar-refractivity contribution is -0.138. The first-order valence-electron chi connectivity index (χ1n) is 10.9. The van der Waals surface area contributed by atoms with E-state index in [1.165, 1.54) is 16.7 Å². The molecule has 0 aliphatic carbocycles. The summed E-state index contributed by atoms with van der Waals surface area (Å²) in [6, 6.07) is 17.3. The molecule has 1 aliphatic heterocycles. The Morgan fingerprint density at radius 2 is 1.48 bits per heavy atom. The Morgan fingerprint density at radius 3 is 1.93 bits per heavy atom. The number of hydrogen-bond donors (Lipinski definition) is 1. The lowest BCUT2D eigenvalue weighted by atomic mass is 9.78.